The van der Waals surface area contributed by atoms with Crippen LogP contribution in [0.15, 0.2) is 73.8 Å². The molecule has 0 radical (unpaired) electrons. The van der Waals surface area contributed by atoms with Gasteiger partial charge in [0.2, 0.25) is 0 Å². The van der Waals surface area contributed by atoms with E-state index in [-0.39, 0.29) is 26.1 Å². The first-order valence-corrected chi connectivity index (χ1v) is 10.5. The fourth-order valence-corrected chi connectivity index (χ4v) is 4.74. The van der Waals surface area contributed by atoms with Gasteiger partial charge in [0, 0.05) is 28.5 Å². The topological polar surface area (TPSA) is 52.6 Å². The molecular formula is C25H14F4O4S. The molecule has 4 rings (SSSR count). The molecule has 4 nitrogen and oxygen atoms in total. The third-order valence-corrected chi connectivity index (χ3v) is 6.15. The molecule has 0 saturated heterocycles. The van der Waals surface area contributed by atoms with E-state index in [0.717, 1.165) is 18.2 Å². The van der Waals surface area contributed by atoms with Gasteiger partial charge in [-0.25, -0.2) is 14.0 Å². The Kier molecular flexibility index (Phi) is 5.97. The summed E-state index contributed by atoms with van der Waals surface area (Å²) >= 11 is 0.621. The number of benzene rings is 3. The largest absolute Gasteiger partial charge is 0.423 e. The van der Waals surface area contributed by atoms with Crippen molar-refractivity contribution in [3.05, 3.63) is 85.2 Å². The molecule has 1 heterocycles. The van der Waals surface area contributed by atoms with Gasteiger partial charge in [-0.15, -0.1) is 11.3 Å². The van der Waals surface area contributed by atoms with E-state index in [0.29, 0.717) is 22.3 Å². The highest BCUT2D eigenvalue weighted by Crippen LogP contribution is 2.48. The second kappa shape index (κ2) is 8.75. The van der Waals surface area contributed by atoms with Gasteiger partial charge in [0.05, 0.1) is 9.40 Å². The van der Waals surface area contributed by atoms with Crippen LogP contribution in [0.5, 0.6) is 11.5 Å². The highest BCUT2D eigenvalue weighted by molar-refractivity contribution is 7.26. The van der Waals surface area contributed by atoms with E-state index in [4.69, 9.17) is 9.47 Å². The number of hydrogen-bond acceptors (Lipinski definition) is 5. The SMILES string of the molecule is C=CC(=O)Oc1ccc(-c2ccc3c(sc4c(C(F)(F)F)c(OC(=O)C=C)ccc43)c2F)cc1. The zero-order valence-electron chi connectivity index (χ0n) is 17.2. The van der Waals surface area contributed by atoms with Gasteiger partial charge in [0.1, 0.15) is 22.9 Å². The van der Waals surface area contributed by atoms with Gasteiger partial charge >= 0.3 is 18.1 Å². The second-order valence-electron chi connectivity index (χ2n) is 6.99. The Bertz CT molecular complexity index is 1470. The maximum atomic E-state index is 15.5. The molecule has 1 aromatic heterocycles. The molecule has 0 saturated carbocycles. The zero-order chi connectivity index (χ0) is 24.6. The lowest BCUT2D eigenvalue weighted by molar-refractivity contribution is -0.139. The van der Waals surface area contributed by atoms with E-state index < -0.39 is 35.2 Å². The summed E-state index contributed by atoms with van der Waals surface area (Å²) in [6.07, 6.45) is -3.10. The predicted octanol–water partition coefficient (Wildman–Crippen LogP) is 7.06. The van der Waals surface area contributed by atoms with Crippen LogP contribution in [0.3, 0.4) is 0 Å². The van der Waals surface area contributed by atoms with Crippen LogP contribution in [0.2, 0.25) is 0 Å². The first-order chi connectivity index (χ1) is 16.1. The van der Waals surface area contributed by atoms with E-state index in [1.807, 2.05) is 0 Å². The van der Waals surface area contributed by atoms with Crippen molar-refractivity contribution < 1.29 is 36.6 Å². The smallest absolute Gasteiger partial charge is 0.421 e. The molecule has 0 spiro atoms. The first kappa shape index (κ1) is 23.2. The Balaban J connectivity index is 1.86. The second-order valence-corrected chi connectivity index (χ2v) is 8.01. The van der Waals surface area contributed by atoms with E-state index in [2.05, 4.69) is 13.2 Å². The van der Waals surface area contributed by atoms with Crippen molar-refractivity contribution >= 4 is 43.4 Å². The minimum absolute atomic E-state index is 0.0207. The highest BCUT2D eigenvalue weighted by atomic mass is 32.1. The third-order valence-electron chi connectivity index (χ3n) is 4.92. The van der Waals surface area contributed by atoms with Crippen LogP contribution in [-0.4, -0.2) is 11.9 Å². The predicted molar refractivity (Wildman–Crippen MR) is 121 cm³/mol. The van der Waals surface area contributed by atoms with Crippen molar-refractivity contribution in [1.82, 2.24) is 0 Å². The molecule has 0 fully saturated rings. The number of alkyl halides is 3. The summed E-state index contributed by atoms with van der Waals surface area (Å²) < 4.78 is 66.8. The van der Waals surface area contributed by atoms with E-state index >= 15 is 4.39 Å². The Labute approximate surface area is 194 Å². The molecule has 0 amide bonds. The monoisotopic (exact) mass is 486 g/mol. The molecule has 0 aliphatic heterocycles. The molecule has 172 valence electrons. The molecule has 0 aliphatic carbocycles. The van der Waals surface area contributed by atoms with Gasteiger partial charge in [0.25, 0.3) is 0 Å². The Hall–Kier alpha value is -3.98. The number of esters is 2. The fourth-order valence-electron chi connectivity index (χ4n) is 3.44. The van der Waals surface area contributed by atoms with E-state index in [1.165, 1.54) is 42.5 Å². The van der Waals surface area contributed by atoms with Crippen LogP contribution in [0, 0.1) is 5.82 Å². The van der Waals surface area contributed by atoms with Crippen LogP contribution in [0.4, 0.5) is 17.6 Å². The Morgan fingerprint density at radius 2 is 1.41 bits per heavy atom. The number of rotatable bonds is 5. The lowest BCUT2D eigenvalue weighted by Gasteiger charge is -2.13. The van der Waals surface area contributed by atoms with E-state index in [9.17, 15) is 22.8 Å². The number of fused-ring (bicyclic) bond motifs is 3. The number of thiophene rings is 1. The van der Waals surface area contributed by atoms with Crippen LogP contribution < -0.4 is 9.47 Å². The van der Waals surface area contributed by atoms with Crippen molar-refractivity contribution in [2.24, 2.45) is 0 Å². The van der Waals surface area contributed by atoms with Crippen molar-refractivity contribution in [1.29, 1.82) is 0 Å². The van der Waals surface area contributed by atoms with E-state index in [1.54, 1.807) is 0 Å². The summed E-state index contributed by atoms with van der Waals surface area (Å²) in [7, 11) is 0. The fraction of sp³-hybridized carbons (Fsp3) is 0.0400. The minimum atomic E-state index is -4.85. The number of halogens is 4. The molecule has 0 aliphatic rings. The normalized spacial score (nSPS) is 11.4. The lowest BCUT2D eigenvalue weighted by Crippen LogP contribution is -2.11. The molecule has 3 aromatic carbocycles. The first-order valence-electron chi connectivity index (χ1n) is 9.68. The van der Waals surface area contributed by atoms with Crippen LogP contribution in [-0.2, 0) is 15.8 Å². The maximum Gasteiger partial charge on any atom is 0.421 e. The van der Waals surface area contributed by atoms with Gasteiger partial charge < -0.3 is 9.47 Å². The summed E-state index contributed by atoms with van der Waals surface area (Å²) in [6, 6.07) is 11.4. The lowest BCUT2D eigenvalue weighted by atomic mass is 10.0. The average molecular weight is 486 g/mol. The average Bonchev–Trinajstić information content (AvgIpc) is 3.18. The highest BCUT2D eigenvalue weighted by Gasteiger charge is 2.38. The minimum Gasteiger partial charge on any atom is -0.423 e. The third kappa shape index (κ3) is 4.17. The summed E-state index contributed by atoms with van der Waals surface area (Å²) in [6.45, 7) is 6.49. The number of hydrogen-bond donors (Lipinski definition) is 0. The Morgan fingerprint density at radius 3 is 2.03 bits per heavy atom. The quantitative estimate of drug-likeness (QED) is 0.131. The van der Waals surface area contributed by atoms with Crippen LogP contribution in [0.1, 0.15) is 5.56 Å². The number of ether oxygens (including phenoxy) is 2. The standard InChI is InChI=1S/C25H14F4O4S/c1-3-19(30)32-14-7-5-13(6-8-14)15-9-10-17-16-11-12-18(33-20(31)4-2)21(25(27,28)29)23(16)34-24(17)22(15)26/h3-12H,1-2H2. The van der Waals surface area contributed by atoms with Gasteiger partial charge in [-0.05, 0) is 29.8 Å². The van der Waals surface area contributed by atoms with Crippen molar-refractivity contribution in [3.63, 3.8) is 0 Å². The number of carbonyl (C=O) groups is 2. The molecule has 0 N–H and O–H groups in total. The van der Waals surface area contributed by atoms with Gasteiger partial charge in [0.15, 0.2) is 0 Å². The van der Waals surface area contributed by atoms with Crippen LogP contribution >= 0.6 is 11.3 Å². The molecule has 4 aromatic rings. The van der Waals surface area contributed by atoms with Gasteiger partial charge in [-0.3, -0.25) is 0 Å². The summed E-state index contributed by atoms with van der Waals surface area (Å²) in [5.41, 5.74) is -0.560. The summed E-state index contributed by atoms with van der Waals surface area (Å²) in [4.78, 5) is 22.8. The number of carbonyl (C=O) groups excluding carboxylic acids is 2. The van der Waals surface area contributed by atoms with Crippen molar-refractivity contribution in [2.75, 3.05) is 0 Å². The zero-order valence-corrected chi connectivity index (χ0v) is 18.1. The van der Waals surface area contributed by atoms with Crippen LogP contribution in [0.25, 0.3) is 31.3 Å². The Morgan fingerprint density at radius 1 is 0.824 bits per heavy atom. The molecular weight excluding hydrogens is 472 g/mol. The van der Waals surface area contributed by atoms with Crippen molar-refractivity contribution in [3.8, 4) is 22.6 Å². The summed E-state index contributed by atoms with van der Waals surface area (Å²) in [5, 5.41) is 0.479. The van der Waals surface area contributed by atoms with Gasteiger partial charge in [-0.1, -0.05) is 37.4 Å². The molecule has 9 heteroatoms. The van der Waals surface area contributed by atoms with Gasteiger partial charge in [-0.2, -0.15) is 13.2 Å². The maximum absolute atomic E-state index is 15.5. The molecule has 0 bridgehead atoms. The molecule has 34 heavy (non-hydrogen) atoms. The summed E-state index contributed by atoms with van der Waals surface area (Å²) in [5.74, 6) is -2.84. The molecule has 0 atom stereocenters. The van der Waals surface area contributed by atoms with Crippen molar-refractivity contribution in [2.45, 2.75) is 6.18 Å². The molecule has 0 unspecified atom stereocenters.